The highest BCUT2D eigenvalue weighted by Gasteiger charge is 2.36. The number of hydrogen-bond donors (Lipinski definition) is 1. The summed E-state index contributed by atoms with van der Waals surface area (Å²) in [6.45, 7) is 5.33. The van der Waals surface area contributed by atoms with E-state index in [-0.39, 0.29) is 23.7 Å². The Morgan fingerprint density at radius 1 is 1.47 bits per heavy atom. The van der Waals surface area contributed by atoms with Gasteiger partial charge in [-0.15, -0.1) is 0 Å². The molecule has 4 heteroatoms. The van der Waals surface area contributed by atoms with Crippen molar-refractivity contribution in [1.82, 2.24) is 4.90 Å². The Morgan fingerprint density at radius 3 is 2.74 bits per heavy atom. The Labute approximate surface area is 113 Å². The van der Waals surface area contributed by atoms with Crippen LogP contribution in [0.25, 0.3) is 0 Å². The van der Waals surface area contributed by atoms with Gasteiger partial charge in [-0.05, 0) is 30.9 Å². The van der Waals surface area contributed by atoms with Gasteiger partial charge in [0, 0.05) is 19.1 Å². The number of halogens is 1. The van der Waals surface area contributed by atoms with Gasteiger partial charge in [-0.2, -0.15) is 0 Å². The van der Waals surface area contributed by atoms with Crippen LogP contribution in [-0.4, -0.2) is 35.1 Å². The predicted molar refractivity (Wildman–Crippen MR) is 71.4 cm³/mol. The first-order chi connectivity index (χ1) is 8.99. The van der Waals surface area contributed by atoms with Crippen LogP contribution < -0.4 is 0 Å². The second-order valence-corrected chi connectivity index (χ2v) is 5.52. The number of carboxylic acids is 1. The highest BCUT2D eigenvalue weighted by Crippen LogP contribution is 2.26. The Morgan fingerprint density at radius 2 is 2.16 bits per heavy atom. The van der Waals surface area contributed by atoms with Gasteiger partial charge in [-0.1, -0.05) is 25.1 Å². The molecule has 0 amide bonds. The fourth-order valence-corrected chi connectivity index (χ4v) is 2.80. The molecule has 1 fully saturated rings. The summed E-state index contributed by atoms with van der Waals surface area (Å²) < 4.78 is 13.6. The van der Waals surface area contributed by atoms with Gasteiger partial charge in [0.25, 0.3) is 0 Å². The molecule has 0 aromatic heterocycles. The van der Waals surface area contributed by atoms with Gasteiger partial charge in [-0.25, -0.2) is 4.39 Å². The fraction of sp³-hybridized carbons (Fsp3) is 0.533. The Kier molecular flexibility index (Phi) is 4.20. The second kappa shape index (κ2) is 5.70. The molecule has 0 saturated carbocycles. The van der Waals surface area contributed by atoms with Crippen molar-refractivity contribution < 1.29 is 14.3 Å². The Balaban J connectivity index is 2.00. The predicted octanol–water partition coefficient (Wildman–Crippen LogP) is 2.41. The number of aliphatic carboxylic acids is 1. The summed E-state index contributed by atoms with van der Waals surface area (Å²) in [7, 11) is 0. The number of likely N-dealkylation sites (tertiary alicyclic amines) is 1. The zero-order chi connectivity index (χ0) is 14.0. The van der Waals surface area contributed by atoms with Crippen molar-refractivity contribution in [3.05, 3.63) is 35.6 Å². The molecule has 1 N–H and O–H groups in total. The maximum absolute atomic E-state index is 13.6. The van der Waals surface area contributed by atoms with Crippen molar-refractivity contribution in [3.8, 4) is 0 Å². The van der Waals surface area contributed by atoms with Crippen LogP contribution in [0.3, 0.4) is 0 Å². The van der Waals surface area contributed by atoms with Crippen LogP contribution in [0.5, 0.6) is 0 Å². The average Bonchev–Trinajstić information content (AvgIpc) is 2.74. The van der Waals surface area contributed by atoms with Crippen LogP contribution in [-0.2, 0) is 11.2 Å². The van der Waals surface area contributed by atoms with E-state index in [1.54, 1.807) is 12.1 Å². The van der Waals surface area contributed by atoms with E-state index < -0.39 is 5.97 Å². The second-order valence-electron chi connectivity index (χ2n) is 5.52. The van der Waals surface area contributed by atoms with Crippen molar-refractivity contribution in [2.75, 3.05) is 13.1 Å². The van der Waals surface area contributed by atoms with Crippen molar-refractivity contribution >= 4 is 5.97 Å². The first-order valence-corrected chi connectivity index (χ1v) is 6.69. The number of hydrogen-bond acceptors (Lipinski definition) is 2. The summed E-state index contributed by atoms with van der Waals surface area (Å²) in [5, 5.41) is 9.13. The zero-order valence-electron chi connectivity index (χ0n) is 11.3. The molecule has 1 heterocycles. The van der Waals surface area contributed by atoms with Crippen molar-refractivity contribution in [2.24, 2.45) is 11.8 Å². The van der Waals surface area contributed by atoms with Crippen LogP contribution in [0.1, 0.15) is 19.4 Å². The maximum Gasteiger partial charge on any atom is 0.308 e. The summed E-state index contributed by atoms with van der Waals surface area (Å²) in [5.74, 6) is -1.06. The van der Waals surface area contributed by atoms with E-state index in [4.69, 9.17) is 5.11 Å². The molecule has 1 aromatic rings. The molecule has 3 atom stereocenters. The first-order valence-electron chi connectivity index (χ1n) is 6.69. The van der Waals surface area contributed by atoms with Gasteiger partial charge in [0.1, 0.15) is 5.82 Å². The molecule has 1 saturated heterocycles. The summed E-state index contributed by atoms with van der Waals surface area (Å²) in [5.41, 5.74) is 0.696. The van der Waals surface area contributed by atoms with Gasteiger partial charge in [0.2, 0.25) is 0 Å². The number of nitrogens with zero attached hydrogens (tertiary/aromatic N) is 1. The van der Waals surface area contributed by atoms with E-state index in [1.165, 1.54) is 6.07 Å². The molecule has 1 aromatic carbocycles. The SMILES string of the molecule is CC1CN(C(C)Cc2ccccc2F)CC1C(=O)O. The minimum atomic E-state index is -0.729. The van der Waals surface area contributed by atoms with Crippen molar-refractivity contribution in [1.29, 1.82) is 0 Å². The van der Waals surface area contributed by atoms with E-state index in [1.807, 2.05) is 19.9 Å². The number of rotatable bonds is 4. The van der Waals surface area contributed by atoms with Gasteiger partial charge < -0.3 is 5.11 Å². The lowest BCUT2D eigenvalue weighted by molar-refractivity contribution is -0.142. The van der Waals surface area contributed by atoms with Gasteiger partial charge in [-0.3, -0.25) is 9.69 Å². The van der Waals surface area contributed by atoms with E-state index >= 15 is 0 Å². The molecular formula is C15H20FNO2. The third-order valence-electron chi connectivity index (χ3n) is 4.05. The standard InChI is InChI=1S/C15H20FNO2/c1-10-8-17(9-13(10)15(18)19)11(2)7-12-5-3-4-6-14(12)16/h3-6,10-11,13H,7-9H2,1-2H3,(H,18,19). The van der Waals surface area contributed by atoms with Crippen molar-refractivity contribution in [3.63, 3.8) is 0 Å². The highest BCUT2D eigenvalue weighted by atomic mass is 19.1. The number of carbonyl (C=O) groups is 1. The topological polar surface area (TPSA) is 40.5 Å². The molecule has 19 heavy (non-hydrogen) atoms. The first kappa shape index (κ1) is 14.0. The van der Waals surface area contributed by atoms with E-state index in [9.17, 15) is 9.18 Å². The fourth-order valence-electron chi connectivity index (χ4n) is 2.80. The molecular weight excluding hydrogens is 245 g/mol. The van der Waals surface area contributed by atoms with E-state index in [2.05, 4.69) is 4.90 Å². The number of carboxylic acid groups (broad SMARTS) is 1. The van der Waals surface area contributed by atoms with Crippen molar-refractivity contribution in [2.45, 2.75) is 26.3 Å². The molecule has 3 nitrogen and oxygen atoms in total. The van der Waals surface area contributed by atoms with Crippen LogP contribution >= 0.6 is 0 Å². The maximum atomic E-state index is 13.6. The van der Waals surface area contributed by atoms with Gasteiger partial charge in [0.15, 0.2) is 0 Å². The molecule has 104 valence electrons. The lowest BCUT2D eigenvalue weighted by Crippen LogP contribution is -2.33. The van der Waals surface area contributed by atoms with E-state index in [0.717, 1.165) is 6.54 Å². The third-order valence-corrected chi connectivity index (χ3v) is 4.05. The lowest BCUT2D eigenvalue weighted by atomic mass is 9.99. The zero-order valence-corrected chi connectivity index (χ0v) is 11.3. The van der Waals surface area contributed by atoms with Crippen LogP contribution in [0.2, 0.25) is 0 Å². The highest BCUT2D eigenvalue weighted by molar-refractivity contribution is 5.71. The molecule has 1 aliphatic rings. The smallest absolute Gasteiger partial charge is 0.308 e. The van der Waals surface area contributed by atoms with Crippen LogP contribution in [0.4, 0.5) is 4.39 Å². The summed E-state index contributed by atoms with van der Waals surface area (Å²) >= 11 is 0. The van der Waals surface area contributed by atoms with E-state index in [0.29, 0.717) is 18.5 Å². The lowest BCUT2D eigenvalue weighted by Gasteiger charge is -2.24. The molecule has 0 bridgehead atoms. The minimum Gasteiger partial charge on any atom is -0.481 e. The Bertz CT molecular complexity index is 463. The molecule has 0 spiro atoms. The van der Waals surface area contributed by atoms with Crippen LogP contribution in [0.15, 0.2) is 24.3 Å². The molecule has 1 aliphatic heterocycles. The molecule has 0 aliphatic carbocycles. The largest absolute Gasteiger partial charge is 0.481 e. The minimum absolute atomic E-state index is 0.153. The molecule has 3 unspecified atom stereocenters. The molecule has 0 radical (unpaired) electrons. The summed E-state index contributed by atoms with van der Waals surface area (Å²) in [6, 6.07) is 6.93. The number of benzene rings is 1. The summed E-state index contributed by atoms with van der Waals surface area (Å²) in [4.78, 5) is 13.3. The monoisotopic (exact) mass is 265 g/mol. The average molecular weight is 265 g/mol. The Hall–Kier alpha value is -1.42. The van der Waals surface area contributed by atoms with Crippen LogP contribution in [0, 0.1) is 17.7 Å². The summed E-state index contributed by atoms with van der Waals surface area (Å²) in [6.07, 6.45) is 0.617. The van der Waals surface area contributed by atoms with Gasteiger partial charge in [0.05, 0.1) is 5.92 Å². The normalized spacial score (nSPS) is 25.4. The quantitative estimate of drug-likeness (QED) is 0.909. The third kappa shape index (κ3) is 3.13. The van der Waals surface area contributed by atoms with Gasteiger partial charge >= 0.3 is 5.97 Å². The molecule has 2 rings (SSSR count).